The van der Waals surface area contributed by atoms with Gasteiger partial charge in [0.15, 0.2) is 0 Å². The molecule has 0 radical (unpaired) electrons. The molecule has 0 N–H and O–H groups in total. The smallest absolute Gasteiger partial charge is 0.306 e. The van der Waals surface area contributed by atoms with E-state index in [9.17, 15) is 14.0 Å². The van der Waals surface area contributed by atoms with E-state index in [1.54, 1.807) is 19.1 Å². The molecule has 1 aromatic carbocycles. The Labute approximate surface area is 113 Å². The van der Waals surface area contributed by atoms with Crippen molar-refractivity contribution in [2.75, 3.05) is 6.61 Å². The molecule has 0 unspecified atom stereocenters. The zero-order valence-electron chi connectivity index (χ0n) is 10.0. The van der Waals surface area contributed by atoms with E-state index in [1.165, 1.54) is 6.07 Å². The molecule has 0 atom stereocenters. The van der Waals surface area contributed by atoms with Crippen LogP contribution in [0.1, 0.15) is 25.3 Å². The Morgan fingerprint density at radius 1 is 1.33 bits per heavy atom. The van der Waals surface area contributed by atoms with E-state index in [0.29, 0.717) is 12.2 Å². The van der Waals surface area contributed by atoms with E-state index in [-0.39, 0.29) is 25.0 Å². The maximum atomic E-state index is 13.4. The van der Waals surface area contributed by atoms with Crippen LogP contribution >= 0.6 is 15.9 Å². The number of ether oxygens (including phenoxy) is 1. The van der Waals surface area contributed by atoms with Crippen LogP contribution in [0.2, 0.25) is 0 Å². The fraction of sp³-hybridized carbons (Fsp3) is 0.385. The predicted molar refractivity (Wildman–Crippen MR) is 68.7 cm³/mol. The van der Waals surface area contributed by atoms with Crippen molar-refractivity contribution in [3.05, 3.63) is 34.1 Å². The van der Waals surface area contributed by atoms with Gasteiger partial charge in [0.05, 0.1) is 13.0 Å². The van der Waals surface area contributed by atoms with Crippen molar-refractivity contribution in [3.63, 3.8) is 0 Å². The third-order valence-electron chi connectivity index (χ3n) is 2.31. The minimum atomic E-state index is -0.414. The number of hydrogen-bond donors (Lipinski definition) is 0. The number of rotatable bonds is 6. The lowest BCUT2D eigenvalue weighted by Crippen LogP contribution is -2.10. The first kappa shape index (κ1) is 14.8. The third kappa shape index (κ3) is 4.96. The third-order valence-corrected chi connectivity index (χ3v) is 2.80. The van der Waals surface area contributed by atoms with Crippen LogP contribution in [0.15, 0.2) is 22.7 Å². The number of ketones is 1. The number of benzene rings is 1. The molecule has 0 heterocycles. The van der Waals surface area contributed by atoms with Gasteiger partial charge in [-0.05, 0) is 30.7 Å². The number of esters is 1. The van der Waals surface area contributed by atoms with Gasteiger partial charge >= 0.3 is 5.97 Å². The number of carbonyl (C=O) groups excluding carboxylic acids is 2. The Balaban J connectivity index is 2.49. The molecule has 0 bridgehead atoms. The lowest BCUT2D eigenvalue weighted by molar-refractivity contribution is -0.144. The molecule has 3 nitrogen and oxygen atoms in total. The monoisotopic (exact) mass is 316 g/mol. The maximum absolute atomic E-state index is 13.4. The van der Waals surface area contributed by atoms with Gasteiger partial charge in [0, 0.05) is 17.3 Å². The minimum absolute atomic E-state index is 0.00925. The summed E-state index contributed by atoms with van der Waals surface area (Å²) in [5.41, 5.74) is 0.332. The molecular weight excluding hydrogens is 303 g/mol. The van der Waals surface area contributed by atoms with Crippen molar-refractivity contribution in [2.24, 2.45) is 0 Å². The van der Waals surface area contributed by atoms with Crippen molar-refractivity contribution in [1.82, 2.24) is 0 Å². The summed E-state index contributed by atoms with van der Waals surface area (Å²) in [4.78, 5) is 22.7. The summed E-state index contributed by atoms with van der Waals surface area (Å²) in [7, 11) is 0. The highest BCUT2D eigenvalue weighted by Crippen LogP contribution is 2.16. The molecule has 0 aliphatic rings. The molecule has 0 aliphatic heterocycles. The Kier molecular flexibility index (Phi) is 5.98. The Bertz CT molecular complexity index is 446. The second-order valence-corrected chi connectivity index (χ2v) is 4.67. The lowest BCUT2D eigenvalue weighted by atomic mass is 10.1. The van der Waals surface area contributed by atoms with Crippen molar-refractivity contribution >= 4 is 27.7 Å². The van der Waals surface area contributed by atoms with Crippen LogP contribution in [0, 0.1) is 5.82 Å². The van der Waals surface area contributed by atoms with Crippen molar-refractivity contribution in [1.29, 1.82) is 0 Å². The molecular formula is C13H14BrFO3. The number of hydrogen-bond acceptors (Lipinski definition) is 3. The highest BCUT2D eigenvalue weighted by molar-refractivity contribution is 9.10. The maximum Gasteiger partial charge on any atom is 0.306 e. The van der Waals surface area contributed by atoms with Crippen LogP contribution in [-0.2, 0) is 20.7 Å². The van der Waals surface area contributed by atoms with E-state index in [0.717, 1.165) is 4.47 Å². The SMILES string of the molecule is CCOC(=O)CCC(=O)Cc1cc(Br)ccc1F. The van der Waals surface area contributed by atoms with Gasteiger partial charge in [-0.25, -0.2) is 4.39 Å². The zero-order chi connectivity index (χ0) is 13.5. The van der Waals surface area contributed by atoms with Crippen LogP contribution in [0.3, 0.4) is 0 Å². The van der Waals surface area contributed by atoms with Gasteiger partial charge in [0.25, 0.3) is 0 Å². The second kappa shape index (κ2) is 7.26. The standard InChI is InChI=1S/C13H14BrFO3/c1-2-18-13(17)6-4-11(16)8-9-7-10(14)3-5-12(9)15/h3,5,7H,2,4,6,8H2,1H3. The molecule has 0 fully saturated rings. The first-order valence-electron chi connectivity index (χ1n) is 5.64. The quantitative estimate of drug-likeness (QED) is 0.758. The molecule has 98 valence electrons. The van der Waals surface area contributed by atoms with Gasteiger partial charge in [0.2, 0.25) is 0 Å². The average Bonchev–Trinajstić information content (AvgIpc) is 2.32. The summed E-state index contributed by atoms with van der Waals surface area (Å²) < 4.78 is 18.8. The average molecular weight is 317 g/mol. The van der Waals surface area contributed by atoms with Crippen molar-refractivity contribution < 1.29 is 18.7 Å². The first-order chi connectivity index (χ1) is 8.52. The van der Waals surface area contributed by atoms with Crippen LogP contribution in [0.5, 0.6) is 0 Å². The lowest BCUT2D eigenvalue weighted by Gasteiger charge is -2.04. The summed E-state index contributed by atoms with van der Waals surface area (Å²) in [5, 5.41) is 0. The first-order valence-corrected chi connectivity index (χ1v) is 6.43. The Hall–Kier alpha value is -1.23. The zero-order valence-corrected chi connectivity index (χ0v) is 11.6. The molecule has 0 spiro atoms. The molecule has 0 amide bonds. The molecule has 0 saturated heterocycles. The van der Waals surface area contributed by atoms with E-state index in [2.05, 4.69) is 15.9 Å². The summed E-state index contributed by atoms with van der Waals surface area (Å²) >= 11 is 3.22. The predicted octanol–water partition coefficient (Wildman–Crippen LogP) is 3.04. The number of Topliss-reactive ketones (excluding diaryl/α,β-unsaturated/α-hetero) is 1. The van der Waals surface area contributed by atoms with E-state index in [4.69, 9.17) is 4.74 Å². The fourth-order valence-electron chi connectivity index (χ4n) is 1.45. The molecule has 18 heavy (non-hydrogen) atoms. The highest BCUT2D eigenvalue weighted by atomic mass is 79.9. The van der Waals surface area contributed by atoms with Gasteiger partial charge in [-0.2, -0.15) is 0 Å². The summed E-state index contributed by atoms with van der Waals surface area (Å²) in [6, 6.07) is 4.44. The van der Waals surface area contributed by atoms with Crippen molar-refractivity contribution in [3.8, 4) is 0 Å². The van der Waals surface area contributed by atoms with E-state index in [1.807, 2.05) is 0 Å². The molecule has 0 aromatic heterocycles. The summed E-state index contributed by atoms with van der Waals surface area (Å²) in [6.07, 6.45) is 0.109. The van der Waals surface area contributed by atoms with Gasteiger partial charge in [-0.15, -0.1) is 0 Å². The largest absolute Gasteiger partial charge is 0.466 e. The van der Waals surface area contributed by atoms with Gasteiger partial charge < -0.3 is 4.74 Å². The normalized spacial score (nSPS) is 10.2. The molecule has 0 aliphatic carbocycles. The Morgan fingerprint density at radius 3 is 2.72 bits per heavy atom. The number of carbonyl (C=O) groups is 2. The molecule has 1 aromatic rings. The topological polar surface area (TPSA) is 43.4 Å². The minimum Gasteiger partial charge on any atom is -0.466 e. The van der Waals surface area contributed by atoms with Crippen LogP contribution in [0.4, 0.5) is 4.39 Å². The fourth-order valence-corrected chi connectivity index (χ4v) is 1.86. The van der Waals surface area contributed by atoms with Gasteiger partial charge in [-0.1, -0.05) is 15.9 Å². The molecule has 0 saturated carbocycles. The summed E-state index contributed by atoms with van der Waals surface area (Å²) in [5.74, 6) is -0.997. The molecule has 5 heteroatoms. The van der Waals surface area contributed by atoms with E-state index < -0.39 is 11.8 Å². The van der Waals surface area contributed by atoms with Gasteiger partial charge in [-0.3, -0.25) is 9.59 Å². The number of halogens is 2. The van der Waals surface area contributed by atoms with E-state index >= 15 is 0 Å². The summed E-state index contributed by atoms with van der Waals surface area (Å²) in [6.45, 7) is 2.00. The van der Waals surface area contributed by atoms with Gasteiger partial charge in [0.1, 0.15) is 11.6 Å². The second-order valence-electron chi connectivity index (χ2n) is 3.76. The van der Waals surface area contributed by atoms with Crippen LogP contribution in [0.25, 0.3) is 0 Å². The van der Waals surface area contributed by atoms with Crippen LogP contribution in [-0.4, -0.2) is 18.4 Å². The van der Waals surface area contributed by atoms with Crippen molar-refractivity contribution in [2.45, 2.75) is 26.2 Å². The Morgan fingerprint density at radius 2 is 2.06 bits per heavy atom. The highest BCUT2D eigenvalue weighted by Gasteiger charge is 2.11. The van der Waals surface area contributed by atoms with Crippen LogP contribution < -0.4 is 0 Å². The molecule has 1 rings (SSSR count).